The summed E-state index contributed by atoms with van der Waals surface area (Å²) in [7, 11) is 3.88. The highest BCUT2D eigenvalue weighted by molar-refractivity contribution is 6.05. The van der Waals surface area contributed by atoms with Gasteiger partial charge in [0.05, 0.1) is 38.2 Å². The number of nitriles is 1. The van der Waals surface area contributed by atoms with Crippen molar-refractivity contribution in [3.8, 4) is 17.6 Å². The fourth-order valence-electron chi connectivity index (χ4n) is 3.20. The van der Waals surface area contributed by atoms with Crippen molar-refractivity contribution in [3.63, 3.8) is 0 Å². The molecule has 2 aromatic carbocycles. The molecule has 1 aliphatic rings. The minimum Gasteiger partial charge on any atom is -0.493 e. The van der Waals surface area contributed by atoms with E-state index >= 15 is 0 Å². The van der Waals surface area contributed by atoms with Gasteiger partial charge in [0.25, 0.3) is 0 Å². The number of allylic oxidation sites excluding steroid dienone is 2. The standard InChI is InChI=1S/C25H22N2O6/c1-30-21-13-18(15-26)20(14-22(21)33-16-17-9-5-4-6-10-17)27-12-8-7-11-19(24(28)31-2)23(27)25(29)32-3/h4-14H,16H2,1-3H3. The molecule has 0 spiro atoms. The fraction of sp³-hybridized carbons (Fsp3) is 0.160. The number of hydrogen-bond donors (Lipinski definition) is 0. The second kappa shape index (κ2) is 10.7. The number of nitrogens with zero attached hydrogens (tertiary/aromatic N) is 2. The predicted molar refractivity (Wildman–Crippen MR) is 120 cm³/mol. The topological polar surface area (TPSA) is 98.1 Å². The van der Waals surface area contributed by atoms with Crippen LogP contribution in [0.4, 0.5) is 5.69 Å². The highest BCUT2D eigenvalue weighted by Crippen LogP contribution is 2.38. The van der Waals surface area contributed by atoms with Crippen LogP contribution in [0.2, 0.25) is 0 Å². The van der Waals surface area contributed by atoms with Gasteiger partial charge in [-0.2, -0.15) is 5.26 Å². The van der Waals surface area contributed by atoms with Gasteiger partial charge in [-0.25, -0.2) is 9.59 Å². The Balaban J connectivity index is 2.15. The van der Waals surface area contributed by atoms with E-state index in [1.807, 2.05) is 30.3 Å². The lowest BCUT2D eigenvalue weighted by molar-refractivity contribution is -0.139. The Kier molecular flexibility index (Phi) is 7.50. The molecule has 0 amide bonds. The molecule has 2 aromatic rings. The highest BCUT2D eigenvalue weighted by Gasteiger charge is 2.29. The van der Waals surface area contributed by atoms with Crippen LogP contribution in [0, 0.1) is 11.3 Å². The van der Waals surface area contributed by atoms with E-state index < -0.39 is 11.9 Å². The van der Waals surface area contributed by atoms with Crippen LogP contribution in [0.3, 0.4) is 0 Å². The molecule has 8 nitrogen and oxygen atoms in total. The summed E-state index contributed by atoms with van der Waals surface area (Å²) in [6.07, 6.45) is 6.19. The minimum atomic E-state index is -0.780. The summed E-state index contributed by atoms with van der Waals surface area (Å²) < 4.78 is 21.1. The SMILES string of the molecule is COC(=O)C1=C(C(=O)OC)N(c2cc(OCc3ccccc3)c(OC)cc2C#N)C=CC=C1. The second-order valence-corrected chi connectivity index (χ2v) is 6.72. The number of anilines is 1. The lowest BCUT2D eigenvalue weighted by Gasteiger charge is -2.25. The van der Waals surface area contributed by atoms with Gasteiger partial charge in [0.1, 0.15) is 18.4 Å². The summed E-state index contributed by atoms with van der Waals surface area (Å²) >= 11 is 0. The van der Waals surface area contributed by atoms with Crippen LogP contribution in [0.1, 0.15) is 11.1 Å². The number of carbonyl (C=O) groups is 2. The van der Waals surface area contributed by atoms with Crippen LogP contribution >= 0.6 is 0 Å². The van der Waals surface area contributed by atoms with Gasteiger partial charge in [-0.1, -0.05) is 36.4 Å². The van der Waals surface area contributed by atoms with Gasteiger partial charge in [0.2, 0.25) is 0 Å². The molecular formula is C25H22N2O6. The molecule has 168 valence electrons. The summed E-state index contributed by atoms with van der Waals surface area (Å²) in [5.41, 5.74) is 1.29. The van der Waals surface area contributed by atoms with Crippen molar-refractivity contribution in [1.29, 1.82) is 5.26 Å². The van der Waals surface area contributed by atoms with Crippen LogP contribution in [0.15, 0.2) is 78.2 Å². The maximum Gasteiger partial charge on any atom is 0.355 e. The van der Waals surface area contributed by atoms with E-state index in [4.69, 9.17) is 18.9 Å². The summed E-state index contributed by atoms with van der Waals surface area (Å²) in [6, 6.07) is 14.7. The zero-order chi connectivity index (χ0) is 23.8. The largest absolute Gasteiger partial charge is 0.493 e. The monoisotopic (exact) mass is 446 g/mol. The molecule has 0 fully saturated rings. The van der Waals surface area contributed by atoms with E-state index in [1.165, 1.54) is 38.4 Å². The van der Waals surface area contributed by atoms with Crippen LogP contribution < -0.4 is 14.4 Å². The molecule has 0 saturated carbocycles. The average molecular weight is 446 g/mol. The van der Waals surface area contributed by atoms with Gasteiger partial charge < -0.3 is 23.8 Å². The van der Waals surface area contributed by atoms with Crippen LogP contribution in [-0.2, 0) is 25.7 Å². The molecule has 1 heterocycles. The van der Waals surface area contributed by atoms with Gasteiger partial charge in [-0.3, -0.25) is 0 Å². The third-order valence-electron chi connectivity index (χ3n) is 4.79. The summed E-state index contributed by atoms with van der Waals surface area (Å²) in [5.74, 6) is -0.810. The lowest BCUT2D eigenvalue weighted by Crippen LogP contribution is -2.27. The molecule has 0 radical (unpaired) electrons. The molecule has 0 unspecified atom stereocenters. The van der Waals surface area contributed by atoms with Gasteiger partial charge >= 0.3 is 11.9 Å². The maximum atomic E-state index is 12.7. The summed E-state index contributed by atoms with van der Waals surface area (Å²) in [6.45, 7) is 0.257. The van der Waals surface area contributed by atoms with Gasteiger partial charge in [0, 0.05) is 18.3 Å². The Morgan fingerprint density at radius 1 is 0.970 bits per heavy atom. The molecule has 33 heavy (non-hydrogen) atoms. The van der Waals surface area contributed by atoms with Crippen molar-refractivity contribution < 1.29 is 28.5 Å². The molecule has 0 aromatic heterocycles. The first-order valence-electron chi connectivity index (χ1n) is 9.87. The van der Waals surface area contributed by atoms with Crippen LogP contribution in [-0.4, -0.2) is 33.3 Å². The fourth-order valence-corrected chi connectivity index (χ4v) is 3.20. The maximum absolute atomic E-state index is 12.7. The summed E-state index contributed by atoms with van der Waals surface area (Å²) in [4.78, 5) is 26.5. The van der Waals surface area contributed by atoms with Crippen molar-refractivity contribution in [2.75, 3.05) is 26.2 Å². The molecule has 1 aliphatic heterocycles. The Labute approximate surface area is 191 Å². The number of methoxy groups -OCH3 is 3. The Morgan fingerprint density at radius 2 is 1.70 bits per heavy atom. The highest BCUT2D eigenvalue weighted by atomic mass is 16.5. The number of hydrogen-bond acceptors (Lipinski definition) is 8. The first-order valence-corrected chi connectivity index (χ1v) is 9.87. The van der Waals surface area contributed by atoms with Crippen molar-refractivity contribution in [3.05, 3.63) is 89.3 Å². The van der Waals surface area contributed by atoms with E-state index in [0.717, 1.165) is 5.56 Å². The molecule has 0 bridgehead atoms. The Morgan fingerprint density at radius 3 is 2.33 bits per heavy atom. The van der Waals surface area contributed by atoms with Gasteiger partial charge in [0.15, 0.2) is 11.5 Å². The molecular weight excluding hydrogens is 424 g/mol. The number of ether oxygens (including phenoxy) is 4. The molecule has 8 heteroatoms. The molecule has 3 rings (SSSR count). The van der Waals surface area contributed by atoms with E-state index in [0.29, 0.717) is 17.2 Å². The van der Waals surface area contributed by atoms with Gasteiger partial charge in [-0.05, 0) is 17.7 Å². The van der Waals surface area contributed by atoms with E-state index in [1.54, 1.807) is 24.4 Å². The average Bonchev–Trinajstić information content (AvgIpc) is 3.09. The Bertz CT molecular complexity index is 1180. The molecule has 0 aliphatic carbocycles. The molecule has 0 saturated heterocycles. The van der Waals surface area contributed by atoms with Crippen molar-refractivity contribution in [1.82, 2.24) is 0 Å². The first-order chi connectivity index (χ1) is 16.0. The number of esters is 2. The minimum absolute atomic E-state index is 0.0270. The normalized spacial score (nSPS) is 12.6. The van der Waals surface area contributed by atoms with E-state index in [2.05, 4.69) is 6.07 Å². The molecule has 0 N–H and O–H groups in total. The van der Waals surface area contributed by atoms with Crippen molar-refractivity contribution in [2.45, 2.75) is 6.61 Å². The molecule has 0 atom stereocenters. The summed E-state index contributed by atoms with van der Waals surface area (Å²) in [5, 5.41) is 9.80. The van der Waals surface area contributed by atoms with Crippen molar-refractivity contribution >= 4 is 17.6 Å². The quantitative estimate of drug-likeness (QED) is 0.595. The zero-order valence-electron chi connectivity index (χ0n) is 18.4. The first kappa shape index (κ1) is 23.2. The number of carbonyl (C=O) groups excluding carboxylic acids is 2. The van der Waals surface area contributed by atoms with E-state index in [-0.39, 0.29) is 23.4 Å². The number of benzene rings is 2. The third kappa shape index (κ3) is 5.05. The Hall–Kier alpha value is -4.51. The van der Waals surface area contributed by atoms with Gasteiger partial charge in [-0.15, -0.1) is 0 Å². The third-order valence-corrected chi connectivity index (χ3v) is 4.79. The van der Waals surface area contributed by atoms with Crippen LogP contribution in [0.5, 0.6) is 11.5 Å². The number of rotatable bonds is 7. The predicted octanol–water partition coefficient (Wildman–Crippen LogP) is 3.64. The van der Waals surface area contributed by atoms with E-state index in [9.17, 15) is 14.9 Å². The second-order valence-electron chi connectivity index (χ2n) is 6.72. The van der Waals surface area contributed by atoms with Crippen LogP contribution in [0.25, 0.3) is 0 Å². The zero-order valence-corrected chi connectivity index (χ0v) is 18.4. The van der Waals surface area contributed by atoms with Crippen molar-refractivity contribution in [2.24, 2.45) is 0 Å². The lowest BCUT2D eigenvalue weighted by atomic mass is 10.1. The smallest absolute Gasteiger partial charge is 0.355 e.